The Kier molecular flexibility index (Phi) is 3.89. The van der Waals surface area contributed by atoms with Gasteiger partial charge in [0.2, 0.25) is 0 Å². The van der Waals surface area contributed by atoms with Crippen LogP contribution in [0, 0.1) is 0 Å². The summed E-state index contributed by atoms with van der Waals surface area (Å²) in [6.07, 6.45) is 3.44. The van der Waals surface area contributed by atoms with E-state index in [9.17, 15) is 4.79 Å². The van der Waals surface area contributed by atoms with Crippen molar-refractivity contribution in [3.8, 4) is 16.9 Å². The fraction of sp³-hybridized carbons (Fsp3) is 0.136. The van der Waals surface area contributed by atoms with Gasteiger partial charge in [0.1, 0.15) is 5.75 Å². The zero-order valence-corrected chi connectivity index (χ0v) is 16.7. The first-order valence-corrected chi connectivity index (χ1v) is 9.91. The van der Waals surface area contributed by atoms with Gasteiger partial charge >= 0.3 is 0 Å². The van der Waals surface area contributed by atoms with Gasteiger partial charge in [-0.1, -0.05) is 36.0 Å². The molecular weight excluding hydrogens is 384 g/mol. The standard InChI is InChI=1S/C22H18N4O2S/c1-26-20(27)22(25-21(26)23)16-5-3-4-6-18(16)29-19-8-7-13(10-17(19)22)14-9-15(28-2)12-24-11-14/h3-12H,1-2H3,(H2,23,25). The molecule has 3 aromatic rings. The highest BCUT2D eigenvalue weighted by Crippen LogP contribution is 2.53. The molecule has 2 aliphatic rings. The number of fused-ring (bicyclic) bond motifs is 4. The summed E-state index contributed by atoms with van der Waals surface area (Å²) in [6, 6.07) is 15.9. The molecule has 0 fully saturated rings. The zero-order valence-electron chi connectivity index (χ0n) is 15.9. The van der Waals surface area contributed by atoms with Crippen LogP contribution in [0.5, 0.6) is 5.75 Å². The van der Waals surface area contributed by atoms with Crippen LogP contribution >= 0.6 is 11.8 Å². The minimum atomic E-state index is -1.17. The van der Waals surface area contributed by atoms with E-state index in [1.54, 1.807) is 38.3 Å². The van der Waals surface area contributed by atoms with Crippen molar-refractivity contribution in [1.29, 1.82) is 0 Å². The number of nitrogens with two attached hydrogens (primary N) is 1. The van der Waals surface area contributed by atoms with E-state index in [1.807, 2.05) is 48.5 Å². The van der Waals surface area contributed by atoms with Crippen molar-refractivity contribution in [2.24, 2.45) is 10.7 Å². The van der Waals surface area contributed by atoms with Crippen molar-refractivity contribution in [2.45, 2.75) is 15.3 Å². The zero-order chi connectivity index (χ0) is 20.2. The molecule has 0 aliphatic carbocycles. The van der Waals surface area contributed by atoms with Crippen molar-refractivity contribution in [2.75, 3.05) is 14.2 Å². The maximum atomic E-state index is 13.5. The molecule has 2 N–H and O–H groups in total. The third-order valence-corrected chi connectivity index (χ3v) is 6.54. The molecule has 29 heavy (non-hydrogen) atoms. The van der Waals surface area contributed by atoms with E-state index in [2.05, 4.69) is 4.98 Å². The number of rotatable bonds is 2. The average Bonchev–Trinajstić information content (AvgIpc) is 2.98. The highest BCUT2D eigenvalue weighted by molar-refractivity contribution is 7.99. The van der Waals surface area contributed by atoms with Gasteiger partial charge in [-0.3, -0.25) is 14.7 Å². The van der Waals surface area contributed by atoms with E-state index in [0.717, 1.165) is 32.0 Å². The number of hydrogen-bond donors (Lipinski definition) is 1. The Labute approximate surface area is 172 Å². The summed E-state index contributed by atoms with van der Waals surface area (Å²) in [6.45, 7) is 0. The number of aliphatic imine (C=N–C) groups is 1. The van der Waals surface area contributed by atoms with E-state index < -0.39 is 5.54 Å². The molecule has 7 heteroatoms. The number of likely N-dealkylation sites (N-methyl/N-ethyl adjacent to an activating group) is 1. The van der Waals surface area contributed by atoms with Crippen LogP contribution in [0.4, 0.5) is 0 Å². The Morgan fingerprint density at radius 3 is 2.59 bits per heavy atom. The average molecular weight is 402 g/mol. The van der Waals surface area contributed by atoms with Gasteiger partial charge in [0.25, 0.3) is 5.91 Å². The molecule has 5 rings (SSSR count). The second-order valence-electron chi connectivity index (χ2n) is 6.97. The number of pyridine rings is 1. The molecule has 1 unspecified atom stereocenters. The molecule has 144 valence electrons. The van der Waals surface area contributed by atoms with Crippen molar-refractivity contribution < 1.29 is 9.53 Å². The largest absolute Gasteiger partial charge is 0.495 e. The van der Waals surface area contributed by atoms with Gasteiger partial charge in [-0.05, 0) is 29.8 Å². The summed E-state index contributed by atoms with van der Waals surface area (Å²) in [7, 11) is 3.27. The quantitative estimate of drug-likeness (QED) is 0.712. The number of amides is 1. The Balaban J connectivity index is 1.77. The van der Waals surface area contributed by atoms with Gasteiger partial charge < -0.3 is 10.5 Å². The van der Waals surface area contributed by atoms with Gasteiger partial charge in [0.15, 0.2) is 11.5 Å². The first-order chi connectivity index (χ1) is 14.0. The molecule has 1 aromatic heterocycles. The van der Waals surface area contributed by atoms with E-state index in [4.69, 9.17) is 15.5 Å². The molecule has 1 amide bonds. The number of benzene rings is 2. The summed E-state index contributed by atoms with van der Waals surface area (Å²) < 4.78 is 5.31. The highest BCUT2D eigenvalue weighted by Gasteiger charge is 2.53. The van der Waals surface area contributed by atoms with Crippen molar-refractivity contribution >= 4 is 23.6 Å². The van der Waals surface area contributed by atoms with Crippen LogP contribution in [0.25, 0.3) is 11.1 Å². The van der Waals surface area contributed by atoms with Gasteiger partial charge in [0, 0.05) is 39.7 Å². The number of nitrogens with zero attached hydrogens (tertiary/aromatic N) is 3. The van der Waals surface area contributed by atoms with Crippen LogP contribution in [0.15, 0.2) is 75.7 Å². The summed E-state index contributed by atoms with van der Waals surface area (Å²) in [5.74, 6) is 0.745. The molecular formula is C22H18N4O2S. The fourth-order valence-electron chi connectivity index (χ4n) is 3.88. The lowest BCUT2D eigenvalue weighted by molar-refractivity contribution is -0.129. The molecule has 2 aliphatic heterocycles. The predicted octanol–water partition coefficient (Wildman–Crippen LogP) is 3.25. The van der Waals surface area contributed by atoms with Crippen molar-refractivity contribution in [1.82, 2.24) is 9.88 Å². The van der Waals surface area contributed by atoms with Crippen LogP contribution in [-0.2, 0) is 10.3 Å². The molecule has 1 spiro atoms. The lowest BCUT2D eigenvalue weighted by atomic mass is 9.81. The normalized spacial score (nSPS) is 19.7. The first kappa shape index (κ1) is 17.8. The molecule has 6 nitrogen and oxygen atoms in total. The molecule has 0 saturated carbocycles. The summed E-state index contributed by atoms with van der Waals surface area (Å²) in [4.78, 5) is 25.8. The van der Waals surface area contributed by atoms with E-state index in [1.165, 1.54) is 4.90 Å². The number of guanidine groups is 1. The van der Waals surface area contributed by atoms with Crippen molar-refractivity contribution in [3.63, 3.8) is 0 Å². The Hall–Kier alpha value is -3.32. The number of carbonyl (C=O) groups is 1. The minimum Gasteiger partial charge on any atom is -0.495 e. The monoisotopic (exact) mass is 402 g/mol. The Morgan fingerprint density at radius 2 is 1.83 bits per heavy atom. The molecule has 2 aromatic carbocycles. The summed E-state index contributed by atoms with van der Waals surface area (Å²) in [5.41, 5.74) is 8.46. The molecule has 3 heterocycles. The predicted molar refractivity (Wildman–Crippen MR) is 112 cm³/mol. The number of carbonyl (C=O) groups excluding carboxylic acids is 1. The van der Waals surface area contributed by atoms with Crippen molar-refractivity contribution in [3.05, 3.63) is 72.1 Å². The van der Waals surface area contributed by atoms with Crippen LogP contribution < -0.4 is 10.5 Å². The van der Waals surface area contributed by atoms with Crippen LogP contribution in [-0.4, -0.2) is 35.9 Å². The summed E-state index contributed by atoms with van der Waals surface area (Å²) in [5, 5.41) is 0. The number of methoxy groups -OCH3 is 1. The second-order valence-corrected chi connectivity index (χ2v) is 8.05. The van der Waals surface area contributed by atoms with E-state index in [-0.39, 0.29) is 11.9 Å². The van der Waals surface area contributed by atoms with E-state index in [0.29, 0.717) is 5.75 Å². The maximum absolute atomic E-state index is 13.5. The number of ether oxygens (including phenoxy) is 1. The van der Waals surface area contributed by atoms with Gasteiger partial charge in [-0.25, -0.2) is 4.99 Å². The lowest BCUT2D eigenvalue weighted by Crippen LogP contribution is -2.42. The molecule has 0 saturated heterocycles. The first-order valence-electron chi connectivity index (χ1n) is 9.09. The van der Waals surface area contributed by atoms with Gasteiger partial charge in [-0.2, -0.15) is 0 Å². The number of hydrogen-bond acceptors (Lipinski definition) is 6. The summed E-state index contributed by atoms with van der Waals surface area (Å²) >= 11 is 1.64. The maximum Gasteiger partial charge on any atom is 0.266 e. The Morgan fingerprint density at radius 1 is 1.03 bits per heavy atom. The second kappa shape index (κ2) is 6.35. The van der Waals surface area contributed by atoms with Crippen LogP contribution in [0.1, 0.15) is 11.1 Å². The van der Waals surface area contributed by atoms with Crippen LogP contribution in [0.2, 0.25) is 0 Å². The highest BCUT2D eigenvalue weighted by atomic mass is 32.2. The molecule has 0 radical (unpaired) electrons. The third-order valence-electron chi connectivity index (χ3n) is 5.39. The SMILES string of the molecule is COc1cncc(-c2ccc3c(c2)C2(N=C(N)N(C)C2=O)c2ccccc2S3)c1. The topological polar surface area (TPSA) is 80.8 Å². The minimum absolute atomic E-state index is 0.148. The van der Waals surface area contributed by atoms with Gasteiger partial charge in [-0.15, -0.1) is 0 Å². The van der Waals surface area contributed by atoms with Gasteiger partial charge in [0.05, 0.1) is 13.3 Å². The molecule has 1 atom stereocenters. The lowest BCUT2D eigenvalue weighted by Gasteiger charge is -2.33. The molecule has 0 bridgehead atoms. The fourth-order valence-corrected chi connectivity index (χ4v) is 5.04. The third kappa shape index (κ3) is 2.47. The Bertz CT molecular complexity index is 1190. The smallest absolute Gasteiger partial charge is 0.266 e. The van der Waals surface area contributed by atoms with E-state index >= 15 is 0 Å². The number of aromatic nitrogens is 1. The van der Waals surface area contributed by atoms with Crippen LogP contribution in [0.3, 0.4) is 0 Å².